The van der Waals surface area contributed by atoms with Gasteiger partial charge in [0, 0.05) is 17.7 Å². The summed E-state index contributed by atoms with van der Waals surface area (Å²) in [6.45, 7) is 2.16. The largest absolute Gasteiger partial charge is 0.481 e. The molecule has 164 valence electrons. The van der Waals surface area contributed by atoms with Crippen molar-refractivity contribution in [3.8, 4) is 0 Å². The quantitative estimate of drug-likeness (QED) is 0.276. The average Bonchev–Trinajstić information content (AvgIpc) is 2.97. The molecular weight excluding hydrogens is 388 g/mol. The first-order valence-corrected chi connectivity index (χ1v) is 11.7. The van der Waals surface area contributed by atoms with E-state index in [2.05, 4.69) is 6.92 Å². The van der Waals surface area contributed by atoms with Gasteiger partial charge in [-0.1, -0.05) is 69.7 Å². The molecule has 0 spiro atoms. The highest BCUT2D eigenvalue weighted by Crippen LogP contribution is 2.45. The first-order chi connectivity index (χ1) is 13.9. The summed E-state index contributed by atoms with van der Waals surface area (Å²) in [7, 11) is 0. The highest BCUT2D eigenvalue weighted by Gasteiger charge is 2.41. The third-order valence-corrected chi connectivity index (χ3v) is 6.77. The Balaban J connectivity index is 1.91. The number of carboxylic acids is 1. The fourth-order valence-electron chi connectivity index (χ4n) is 4.60. The topological polar surface area (TPSA) is 77.8 Å². The summed E-state index contributed by atoms with van der Waals surface area (Å²) in [4.78, 5) is 10.6. The molecule has 0 aliphatic heterocycles. The number of halogens is 1. The van der Waals surface area contributed by atoms with Gasteiger partial charge < -0.3 is 15.3 Å². The van der Waals surface area contributed by atoms with Gasteiger partial charge in [-0.2, -0.15) is 0 Å². The summed E-state index contributed by atoms with van der Waals surface area (Å²) in [5, 5.41) is 29.7. The van der Waals surface area contributed by atoms with Gasteiger partial charge in [-0.05, 0) is 42.7 Å². The van der Waals surface area contributed by atoms with Crippen LogP contribution in [0.2, 0.25) is 0 Å². The first kappa shape index (κ1) is 24.2. The van der Waals surface area contributed by atoms with Crippen molar-refractivity contribution in [3.05, 3.63) is 35.4 Å². The Morgan fingerprint density at radius 3 is 2.45 bits per heavy atom. The van der Waals surface area contributed by atoms with Crippen LogP contribution in [0.5, 0.6) is 0 Å². The van der Waals surface area contributed by atoms with E-state index in [-0.39, 0.29) is 23.6 Å². The Kier molecular flexibility index (Phi) is 10.5. The molecule has 1 fully saturated rings. The zero-order chi connectivity index (χ0) is 21.2. The third-order valence-electron chi connectivity index (χ3n) is 6.27. The van der Waals surface area contributed by atoms with Crippen LogP contribution in [0.3, 0.4) is 0 Å². The van der Waals surface area contributed by atoms with Gasteiger partial charge in [0.15, 0.2) is 0 Å². The van der Waals surface area contributed by atoms with E-state index in [0.717, 1.165) is 68.9 Å². The van der Waals surface area contributed by atoms with Gasteiger partial charge in [0.2, 0.25) is 0 Å². The van der Waals surface area contributed by atoms with Gasteiger partial charge in [-0.25, -0.2) is 0 Å². The van der Waals surface area contributed by atoms with Gasteiger partial charge in [0.05, 0.1) is 12.2 Å². The first-order valence-electron chi connectivity index (χ1n) is 11.3. The zero-order valence-electron chi connectivity index (χ0n) is 17.6. The van der Waals surface area contributed by atoms with Crippen LogP contribution in [0.1, 0.15) is 101 Å². The fraction of sp³-hybridized carbons (Fsp3) is 0.708. The Labute approximate surface area is 180 Å². The molecule has 5 atom stereocenters. The van der Waals surface area contributed by atoms with Gasteiger partial charge in [0.1, 0.15) is 0 Å². The molecule has 2 unspecified atom stereocenters. The summed E-state index contributed by atoms with van der Waals surface area (Å²) >= 11 is 6.57. The Morgan fingerprint density at radius 2 is 1.79 bits per heavy atom. The lowest BCUT2D eigenvalue weighted by atomic mass is 9.83. The van der Waals surface area contributed by atoms with Gasteiger partial charge >= 0.3 is 5.97 Å². The van der Waals surface area contributed by atoms with E-state index < -0.39 is 18.2 Å². The van der Waals surface area contributed by atoms with E-state index in [1.165, 1.54) is 0 Å². The van der Waals surface area contributed by atoms with Crippen molar-refractivity contribution in [2.75, 3.05) is 0 Å². The molecular formula is C24H37ClO4. The standard InChI is InChI=1S/C24H37ClO4/c1-2-3-6-10-21(26)17-12-14-18(15-13-17)24-19(20(25)16-22(24)27)9-7-4-5-8-11-23(28)29/h12-15,19-22,24,26-27H,2-11,16H2,1H3,(H,28,29)/t19-,20+,21?,22?,24+/m0/s1. The number of carbonyl (C=O) groups is 1. The number of hydrogen-bond donors (Lipinski definition) is 3. The Hall–Kier alpha value is -1.10. The smallest absolute Gasteiger partial charge is 0.303 e. The Bertz CT molecular complexity index is 603. The van der Waals surface area contributed by atoms with E-state index in [1.54, 1.807) is 0 Å². The van der Waals surface area contributed by atoms with E-state index in [4.69, 9.17) is 16.7 Å². The van der Waals surface area contributed by atoms with E-state index >= 15 is 0 Å². The third kappa shape index (κ3) is 7.58. The predicted octanol–water partition coefficient (Wildman–Crippen LogP) is 5.80. The number of unbranched alkanes of at least 4 members (excludes halogenated alkanes) is 5. The van der Waals surface area contributed by atoms with Crippen molar-refractivity contribution in [2.45, 2.75) is 101 Å². The fourth-order valence-corrected chi connectivity index (χ4v) is 5.06. The van der Waals surface area contributed by atoms with Crippen LogP contribution in [0.4, 0.5) is 0 Å². The molecule has 0 aromatic heterocycles. The molecule has 0 amide bonds. The molecule has 0 heterocycles. The number of rotatable bonds is 13. The molecule has 4 nitrogen and oxygen atoms in total. The number of carboxylic acid groups (broad SMARTS) is 1. The van der Waals surface area contributed by atoms with Crippen molar-refractivity contribution in [1.29, 1.82) is 0 Å². The number of aliphatic carboxylic acids is 1. The summed E-state index contributed by atoms with van der Waals surface area (Å²) in [5.41, 5.74) is 2.04. The van der Waals surface area contributed by atoms with Gasteiger partial charge in [-0.3, -0.25) is 4.79 Å². The van der Waals surface area contributed by atoms with Crippen molar-refractivity contribution < 1.29 is 20.1 Å². The summed E-state index contributed by atoms with van der Waals surface area (Å²) in [5.74, 6) is -0.474. The molecule has 5 heteroatoms. The summed E-state index contributed by atoms with van der Waals surface area (Å²) in [6, 6.07) is 8.06. The summed E-state index contributed by atoms with van der Waals surface area (Å²) < 4.78 is 0. The van der Waals surface area contributed by atoms with Gasteiger partial charge in [0.25, 0.3) is 0 Å². The molecule has 1 aliphatic rings. The van der Waals surface area contributed by atoms with Crippen LogP contribution in [-0.4, -0.2) is 32.8 Å². The lowest BCUT2D eigenvalue weighted by Crippen LogP contribution is -2.19. The molecule has 29 heavy (non-hydrogen) atoms. The van der Waals surface area contributed by atoms with E-state index in [1.807, 2.05) is 24.3 Å². The minimum Gasteiger partial charge on any atom is -0.481 e. The highest BCUT2D eigenvalue weighted by atomic mass is 35.5. The maximum Gasteiger partial charge on any atom is 0.303 e. The highest BCUT2D eigenvalue weighted by molar-refractivity contribution is 6.21. The van der Waals surface area contributed by atoms with Crippen LogP contribution in [-0.2, 0) is 4.79 Å². The van der Waals surface area contributed by atoms with E-state index in [0.29, 0.717) is 6.42 Å². The molecule has 1 aromatic carbocycles. The van der Waals surface area contributed by atoms with Crippen molar-refractivity contribution in [3.63, 3.8) is 0 Å². The van der Waals surface area contributed by atoms with Crippen LogP contribution in [0.15, 0.2) is 24.3 Å². The van der Waals surface area contributed by atoms with Crippen molar-refractivity contribution in [2.24, 2.45) is 5.92 Å². The predicted molar refractivity (Wildman–Crippen MR) is 117 cm³/mol. The van der Waals surface area contributed by atoms with Gasteiger partial charge in [-0.15, -0.1) is 11.6 Å². The van der Waals surface area contributed by atoms with Crippen molar-refractivity contribution in [1.82, 2.24) is 0 Å². The van der Waals surface area contributed by atoms with Crippen LogP contribution < -0.4 is 0 Å². The van der Waals surface area contributed by atoms with E-state index in [9.17, 15) is 15.0 Å². The molecule has 2 rings (SSSR count). The second-order valence-corrected chi connectivity index (χ2v) is 9.09. The lowest BCUT2D eigenvalue weighted by molar-refractivity contribution is -0.137. The monoisotopic (exact) mass is 424 g/mol. The molecule has 0 radical (unpaired) electrons. The number of aliphatic hydroxyl groups is 2. The Morgan fingerprint density at radius 1 is 1.10 bits per heavy atom. The SMILES string of the molecule is CCCCCC(O)c1ccc([C@H]2C(O)C[C@@H](Cl)[C@@H]2CCCCCCC(=O)O)cc1. The molecule has 1 aliphatic carbocycles. The molecule has 1 aromatic rings. The normalized spacial score (nSPS) is 25.2. The molecule has 0 saturated heterocycles. The second-order valence-electron chi connectivity index (χ2n) is 8.53. The lowest BCUT2D eigenvalue weighted by Gasteiger charge is -2.24. The molecule has 1 saturated carbocycles. The number of hydrogen-bond acceptors (Lipinski definition) is 3. The number of aliphatic hydroxyl groups excluding tert-OH is 2. The minimum atomic E-state index is -0.733. The minimum absolute atomic E-state index is 0.0304. The maximum absolute atomic E-state index is 10.6. The number of alkyl halides is 1. The van der Waals surface area contributed by atoms with Crippen LogP contribution in [0, 0.1) is 5.92 Å². The molecule has 3 N–H and O–H groups in total. The van der Waals surface area contributed by atoms with Crippen LogP contribution >= 0.6 is 11.6 Å². The number of benzene rings is 1. The average molecular weight is 425 g/mol. The van der Waals surface area contributed by atoms with Crippen molar-refractivity contribution >= 4 is 17.6 Å². The molecule has 0 bridgehead atoms. The van der Waals surface area contributed by atoms with Crippen LogP contribution in [0.25, 0.3) is 0 Å². The second kappa shape index (κ2) is 12.6. The summed E-state index contributed by atoms with van der Waals surface area (Å²) in [6.07, 6.45) is 8.68. The maximum atomic E-state index is 10.6. The zero-order valence-corrected chi connectivity index (χ0v) is 18.4.